The third-order valence-corrected chi connectivity index (χ3v) is 8.04. The Labute approximate surface area is 276 Å². The van der Waals surface area contributed by atoms with Gasteiger partial charge in [-0.25, -0.2) is 24.4 Å². The zero-order chi connectivity index (χ0) is 33.8. The summed E-state index contributed by atoms with van der Waals surface area (Å²) < 4.78 is 26.1. The topological polar surface area (TPSA) is 146 Å². The van der Waals surface area contributed by atoms with E-state index in [0.717, 1.165) is 0 Å². The van der Waals surface area contributed by atoms with E-state index in [2.05, 4.69) is 16.0 Å². The van der Waals surface area contributed by atoms with Gasteiger partial charge >= 0.3 is 17.9 Å². The Morgan fingerprint density at radius 3 is 2.00 bits per heavy atom. The number of hydrogen-bond acceptors (Lipinski definition) is 11. The van der Waals surface area contributed by atoms with Crippen molar-refractivity contribution in [2.75, 3.05) is 25.6 Å². The Morgan fingerprint density at radius 2 is 1.44 bits per heavy atom. The summed E-state index contributed by atoms with van der Waals surface area (Å²) in [5.41, 5.74) is -0.385. The average molecular weight is 646 g/mol. The van der Waals surface area contributed by atoms with Crippen LogP contribution in [0.2, 0.25) is 0 Å². The van der Waals surface area contributed by atoms with Gasteiger partial charge in [-0.05, 0) is 43.3 Å². The van der Waals surface area contributed by atoms with Crippen LogP contribution in [-0.2, 0) is 18.9 Å². The maximum atomic E-state index is 13.7. The molecule has 0 amide bonds. The minimum Gasteiger partial charge on any atom is -0.459 e. The molecular formula is C36H31N5O7. The molecule has 3 heterocycles. The lowest BCUT2D eigenvalue weighted by atomic mass is 9.95. The van der Waals surface area contributed by atoms with Crippen LogP contribution in [-0.4, -0.2) is 71.0 Å². The average Bonchev–Trinajstić information content (AvgIpc) is 3.62. The van der Waals surface area contributed by atoms with Crippen LogP contribution in [0.3, 0.4) is 0 Å². The molecule has 1 fully saturated rings. The van der Waals surface area contributed by atoms with E-state index in [-0.39, 0.29) is 23.3 Å². The van der Waals surface area contributed by atoms with E-state index in [1.807, 2.05) is 0 Å². The van der Waals surface area contributed by atoms with Gasteiger partial charge in [-0.1, -0.05) is 54.6 Å². The molecule has 1 aliphatic heterocycles. The second-order valence-electron chi connectivity index (χ2n) is 11.5. The van der Waals surface area contributed by atoms with Crippen molar-refractivity contribution in [3.05, 3.63) is 126 Å². The summed E-state index contributed by atoms with van der Waals surface area (Å²) in [6.45, 7) is 1.21. The molecule has 0 N–H and O–H groups in total. The van der Waals surface area contributed by atoms with Crippen molar-refractivity contribution in [1.82, 2.24) is 14.5 Å². The van der Waals surface area contributed by atoms with Gasteiger partial charge in [0, 0.05) is 20.3 Å². The van der Waals surface area contributed by atoms with Crippen LogP contribution in [0.1, 0.15) is 49.8 Å². The smallest absolute Gasteiger partial charge is 0.338 e. The molecule has 12 heteroatoms. The lowest BCUT2D eigenvalue weighted by molar-refractivity contribution is -0.108. The van der Waals surface area contributed by atoms with E-state index in [1.165, 1.54) is 12.5 Å². The molecule has 48 heavy (non-hydrogen) atoms. The number of carbonyl (C=O) groups excluding carboxylic acids is 3. The summed E-state index contributed by atoms with van der Waals surface area (Å²) in [6, 6.07) is 27.2. The third kappa shape index (κ3) is 6.06. The van der Waals surface area contributed by atoms with Crippen LogP contribution >= 0.6 is 0 Å². The van der Waals surface area contributed by atoms with Gasteiger partial charge in [0.05, 0.1) is 27.6 Å². The molecule has 6 rings (SSSR count). The second kappa shape index (κ2) is 13.4. The summed E-state index contributed by atoms with van der Waals surface area (Å²) in [5.74, 6) is -1.56. The molecule has 2 aromatic heterocycles. The van der Waals surface area contributed by atoms with Crippen LogP contribution < -0.4 is 4.90 Å². The molecule has 0 spiro atoms. The Kier molecular flexibility index (Phi) is 8.87. The highest BCUT2D eigenvalue weighted by Gasteiger charge is 2.60. The number of rotatable bonds is 9. The highest BCUT2D eigenvalue weighted by molar-refractivity contribution is 5.94. The van der Waals surface area contributed by atoms with Gasteiger partial charge in [0.1, 0.15) is 36.6 Å². The minimum absolute atomic E-state index is 0.242. The van der Waals surface area contributed by atoms with Crippen LogP contribution in [0.5, 0.6) is 0 Å². The monoisotopic (exact) mass is 645 g/mol. The summed E-state index contributed by atoms with van der Waals surface area (Å²) >= 11 is 0. The van der Waals surface area contributed by atoms with Crippen LogP contribution in [0.25, 0.3) is 11.0 Å². The zero-order valence-electron chi connectivity index (χ0n) is 26.3. The lowest BCUT2D eigenvalue weighted by Gasteiger charge is -2.35. The predicted molar refractivity (Wildman–Crippen MR) is 173 cm³/mol. The zero-order valence-corrected chi connectivity index (χ0v) is 26.3. The van der Waals surface area contributed by atoms with Crippen molar-refractivity contribution >= 4 is 34.8 Å². The molecule has 0 radical (unpaired) electrons. The first-order valence-corrected chi connectivity index (χ1v) is 15.1. The number of nitriles is 1. The number of carbonyl (C=O) groups is 3. The number of ether oxygens (including phenoxy) is 4. The molecule has 3 aromatic carbocycles. The maximum Gasteiger partial charge on any atom is 0.338 e. The first-order valence-electron chi connectivity index (χ1n) is 15.1. The first-order chi connectivity index (χ1) is 23.2. The van der Waals surface area contributed by atoms with Gasteiger partial charge in [0.2, 0.25) is 0 Å². The standard InChI is InChI=1S/C36H31N5O7/c1-36(48-34(44)25-17-11-6-12-18-25)29(47-33(43)24-15-9-5-10-16-24)27(21-45-32(42)23-13-7-4-8-14-23)46-35(36)41-20-26(19-37)28-30(40(2)3)38-22-39-31(28)41/h4-18,20,22,27,29,35H,21H2,1-3H3. The Balaban J connectivity index is 1.47. The van der Waals surface area contributed by atoms with E-state index in [1.54, 1.807) is 121 Å². The van der Waals surface area contributed by atoms with E-state index >= 15 is 0 Å². The highest BCUT2D eigenvalue weighted by Crippen LogP contribution is 2.46. The summed E-state index contributed by atoms with van der Waals surface area (Å²) in [4.78, 5) is 50.9. The molecule has 0 bridgehead atoms. The largest absolute Gasteiger partial charge is 0.459 e. The van der Waals surface area contributed by atoms with Crippen LogP contribution in [0.15, 0.2) is 104 Å². The normalized spacial score (nSPS) is 20.1. The van der Waals surface area contributed by atoms with Crippen molar-refractivity contribution < 1.29 is 33.3 Å². The maximum absolute atomic E-state index is 13.7. The quantitative estimate of drug-likeness (QED) is 0.158. The predicted octanol–water partition coefficient (Wildman–Crippen LogP) is 4.96. The van der Waals surface area contributed by atoms with Crippen molar-refractivity contribution in [3.63, 3.8) is 0 Å². The summed E-state index contributed by atoms with van der Waals surface area (Å²) in [6.07, 6.45) is -0.760. The number of aromatic nitrogens is 3. The second-order valence-corrected chi connectivity index (χ2v) is 11.5. The number of fused-ring (bicyclic) bond motifs is 1. The molecule has 0 aliphatic carbocycles. The van der Waals surface area contributed by atoms with E-state index < -0.39 is 41.9 Å². The molecule has 1 saturated heterocycles. The molecule has 0 saturated carbocycles. The number of benzene rings is 3. The van der Waals surface area contributed by atoms with Gasteiger partial charge in [-0.15, -0.1) is 0 Å². The SMILES string of the molecule is CN(C)c1ncnc2c1c(C#N)cn2C1OC(COC(=O)c2ccccc2)C(OC(=O)c2ccccc2)C1(C)OC(=O)c1ccccc1. The van der Waals surface area contributed by atoms with E-state index in [0.29, 0.717) is 22.4 Å². The van der Waals surface area contributed by atoms with Crippen molar-refractivity contribution in [1.29, 1.82) is 5.26 Å². The van der Waals surface area contributed by atoms with Crippen molar-refractivity contribution in [2.24, 2.45) is 0 Å². The van der Waals surface area contributed by atoms with Gasteiger partial charge in [-0.3, -0.25) is 0 Å². The highest BCUT2D eigenvalue weighted by atomic mass is 16.7. The van der Waals surface area contributed by atoms with Crippen molar-refractivity contribution in [2.45, 2.75) is 31.0 Å². The summed E-state index contributed by atoms with van der Waals surface area (Å²) in [5, 5.41) is 10.6. The van der Waals surface area contributed by atoms with Gasteiger partial charge in [-0.2, -0.15) is 5.26 Å². The molecule has 1 aliphatic rings. The third-order valence-electron chi connectivity index (χ3n) is 8.04. The van der Waals surface area contributed by atoms with Crippen LogP contribution in [0, 0.1) is 11.3 Å². The van der Waals surface area contributed by atoms with E-state index in [9.17, 15) is 19.6 Å². The molecular weight excluding hydrogens is 614 g/mol. The molecule has 4 unspecified atom stereocenters. The molecule has 4 atom stereocenters. The van der Waals surface area contributed by atoms with Crippen LogP contribution in [0.4, 0.5) is 5.82 Å². The molecule has 12 nitrogen and oxygen atoms in total. The number of hydrogen-bond donors (Lipinski definition) is 0. The van der Waals surface area contributed by atoms with Crippen molar-refractivity contribution in [3.8, 4) is 6.07 Å². The first kappa shape index (κ1) is 31.9. The number of esters is 3. The number of nitrogens with zero attached hydrogens (tertiary/aromatic N) is 5. The molecule has 242 valence electrons. The van der Waals surface area contributed by atoms with Gasteiger partial charge in [0.15, 0.2) is 17.9 Å². The lowest BCUT2D eigenvalue weighted by Crippen LogP contribution is -2.50. The fourth-order valence-corrected chi connectivity index (χ4v) is 5.73. The Morgan fingerprint density at radius 1 is 0.875 bits per heavy atom. The number of anilines is 1. The summed E-state index contributed by atoms with van der Waals surface area (Å²) in [7, 11) is 3.57. The fraction of sp³-hybridized carbons (Fsp3) is 0.222. The minimum atomic E-state index is -1.75. The van der Waals surface area contributed by atoms with E-state index in [4.69, 9.17) is 18.9 Å². The van der Waals surface area contributed by atoms with Gasteiger partial charge in [0.25, 0.3) is 0 Å². The Bertz CT molecular complexity index is 1990. The van der Waals surface area contributed by atoms with Gasteiger partial charge < -0.3 is 28.4 Å². The molecule has 5 aromatic rings. The Hall–Kier alpha value is -6.06. The fourth-order valence-electron chi connectivity index (χ4n) is 5.73.